The molecule has 7 heteroatoms. The first kappa shape index (κ1) is 15.3. The maximum Gasteiger partial charge on any atom is 0.416 e. The van der Waals surface area contributed by atoms with Gasteiger partial charge in [-0.1, -0.05) is 19.1 Å². The Kier molecular flexibility index (Phi) is 4.11. The van der Waals surface area contributed by atoms with E-state index in [0.29, 0.717) is 12.1 Å². The van der Waals surface area contributed by atoms with Crippen LogP contribution in [-0.4, -0.2) is 26.5 Å². The van der Waals surface area contributed by atoms with Crippen molar-refractivity contribution in [3.05, 3.63) is 35.4 Å². The molecule has 1 aromatic rings. The minimum absolute atomic E-state index is 0.000511. The van der Waals surface area contributed by atoms with Crippen LogP contribution >= 0.6 is 0 Å². The lowest BCUT2D eigenvalue weighted by Crippen LogP contribution is -2.26. The molecule has 0 spiro atoms. The Labute approximate surface area is 116 Å². The second-order valence-corrected chi connectivity index (χ2v) is 7.42. The van der Waals surface area contributed by atoms with Gasteiger partial charge in [-0.3, -0.25) is 0 Å². The molecule has 1 aliphatic rings. The molecule has 1 saturated heterocycles. The number of hydrogen-bond donors (Lipinski definition) is 1. The van der Waals surface area contributed by atoms with E-state index in [0.717, 1.165) is 12.1 Å². The van der Waals surface area contributed by atoms with Gasteiger partial charge in [0.05, 0.1) is 17.1 Å². The molecule has 1 aromatic carbocycles. The van der Waals surface area contributed by atoms with Gasteiger partial charge in [-0.25, -0.2) is 8.42 Å². The summed E-state index contributed by atoms with van der Waals surface area (Å²) in [5.74, 6) is 0.0271. The molecule has 0 amide bonds. The summed E-state index contributed by atoms with van der Waals surface area (Å²) in [5.41, 5.74) is -0.165. The van der Waals surface area contributed by atoms with Gasteiger partial charge in [0.25, 0.3) is 0 Å². The smallest absolute Gasteiger partial charge is 0.309 e. The van der Waals surface area contributed by atoms with Crippen molar-refractivity contribution in [3.8, 4) is 0 Å². The van der Waals surface area contributed by atoms with E-state index in [-0.39, 0.29) is 17.4 Å². The molecule has 1 heterocycles. The number of alkyl halides is 3. The first-order valence-electron chi connectivity index (χ1n) is 6.28. The molecule has 1 fully saturated rings. The molecule has 2 rings (SSSR count). The lowest BCUT2D eigenvalue weighted by Gasteiger charge is -2.17. The van der Waals surface area contributed by atoms with Crippen LogP contribution in [-0.2, 0) is 16.0 Å². The molecule has 1 aliphatic heterocycles. The fourth-order valence-corrected chi connectivity index (χ4v) is 4.27. The molecule has 0 radical (unpaired) electrons. The van der Waals surface area contributed by atoms with Crippen LogP contribution in [0.2, 0.25) is 0 Å². The third-order valence-electron chi connectivity index (χ3n) is 3.31. The van der Waals surface area contributed by atoms with E-state index in [1.807, 2.05) is 6.92 Å². The lowest BCUT2D eigenvalue weighted by atomic mass is 10.1. The van der Waals surface area contributed by atoms with E-state index >= 15 is 0 Å². The third kappa shape index (κ3) is 3.73. The zero-order valence-corrected chi connectivity index (χ0v) is 11.8. The van der Waals surface area contributed by atoms with Gasteiger partial charge in [0.1, 0.15) is 0 Å². The normalized spacial score (nSPS) is 27.0. The summed E-state index contributed by atoms with van der Waals surface area (Å²) < 4.78 is 61.2. The van der Waals surface area contributed by atoms with E-state index in [2.05, 4.69) is 5.32 Å². The lowest BCUT2D eigenvalue weighted by molar-refractivity contribution is -0.137. The zero-order valence-electron chi connectivity index (χ0n) is 10.9. The summed E-state index contributed by atoms with van der Waals surface area (Å²) in [4.78, 5) is 0. The number of sulfone groups is 1. The van der Waals surface area contributed by atoms with Crippen molar-refractivity contribution in [3.63, 3.8) is 0 Å². The van der Waals surface area contributed by atoms with Gasteiger partial charge in [0, 0.05) is 6.04 Å². The van der Waals surface area contributed by atoms with Gasteiger partial charge in [-0.2, -0.15) is 13.2 Å². The van der Waals surface area contributed by atoms with Crippen LogP contribution in [0.1, 0.15) is 24.1 Å². The van der Waals surface area contributed by atoms with E-state index in [9.17, 15) is 21.6 Å². The van der Waals surface area contributed by atoms with E-state index in [4.69, 9.17) is 0 Å². The van der Waals surface area contributed by atoms with Crippen LogP contribution in [0.3, 0.4) is 0 Å². The van der Waals surface area contributed by atoms with Crippen molar-refractivity contribution in [2.24, 2.45) is 5.92 Å². The van der Waals surface area contributed by atoms with Crippen molar-refractivity contribution in [2.45, 2.75) is 19.1 Å². The topological polar surface area (TPSA) is 46.2 Å². The van der Waals surface area contributed by atoms with Crippen LogP contribution in [0.25, 0.3) is 0 Å². The van der Waals surface area contributed by atoms with Crippen molar-refractivity contribution >= 4 is 9.84 Å². The van der Waals surface area contributed by atoms with Crippen molar-refractivity contribution in [2.75, 3.05) is 18.1 Å². The second-order valence-electron chi connectivity index (χ2n) is 5.26. The molecule has 0 bridgehead atoms. The Morgan fingerprint density at radius 2 is 1.75 bits per heavy atom. The minimum Gasteiger partial charge on any atom is -0.309 e. The van der Waals surface area contributed by atoms with Crippen LogP contribution < -0.4 is 5.32 Å². The summed E-state index contributed by atoms with van der Waals surface area (Å²) in [6, 6.07) is 4.20. The second kappa shape index (κ2) is 5.37. The van der Waals surface area contributed by atoms with Gasteiger partial charge in [0.2, 0.25) is 0 Å². The molecule has 2 atom stereocenters. The van der Waals surface area contributed by atoms with Crippen molar-refractivity contribution in [1.29, 1.82) is 0 Å². The highest BCUT2D eigenvalue weighted by atomic mass is 32.2. The summed E-state index contributed by atoms with van der Waals surface area (Å²) >= 11 is 0. The van der Waals surface area contributed by atoms with E-state index in [1.54, 1.807) is 0 Å². The molecule has 1 N–H and O–H groups in total. The summed E-state index contributed by atoms with van der Waals surface area (Å²) in [6.07, 6.45) is -4.38. The van der Waals surface area contributed by atoms with Crippen LogP contribution in [0.4, 0.5) is 13.2 Å². The highest BCUT2D eigenvalue weighted by molar-refractivity contribution is 7.91. The van der Waals surface area contributed by atoms with Crippen LogP contribution in [0.15, 0.2) is 24.3 Å². The molecule has 20 heavy (non-hydrogen) atoms. The quantitative estimate of drug-likeness (QED) is 0.866. The number of benzene rings is 1. The van der Waals surface area contributed by atoms with E-state index < -0.39 is 27.6 Å². The highest BCUT2D eigenvalue weighted by Crippen LogP contribution is 2.30. The summed E-state index contributed by atoms with van der Waals surface area (Å²) in [5, 5.41) is 3.10. The molecule has 2 unspecified atom stereocenters. The van der Waals surface area contributed by atoms with Gasteiger partial charge in [0.15, 0.2) is 9.84 Å². The Balaban J connectivity index is 2.23. The predicted octanol–water partition coefficient (Wildman–Crippen LogP) is 2.40. The van der Waals surface area contributed by atoms with Gasteiger partial charge in [-0.05, 0) is 30.2 Å². The first-order chi connectivity index (χ1) is 9.17. The maximum absolute atomic E-state index is 12.5. The number of halogens is 3. The van der Waals surface area contributed by atoms with E-state index in [1.165, 1.54) is 12.1 Å². The van der Waals surface area contributed by atoms with Crippen molar-refractivity contribution < 1.29 is 21.6 Å². The molecule has 0 saturated carbocycles. The number of hydrogen-bond acceptors (Lipinski definition) is 3. The molecule has 0 aliphatic carbocycles. The fourth-order valence-electron chi connectivity index (χ4n) is 2.34. The fraction of sp³-hybridized carbons (Fsp3) is 0.538. The summed E-state index contributed by atoms with van der Waals surface area (Å²) in [7, 11) is -3.19. The summed E-state index contributed by atoms with van der Waals surface area (Å²) in [6.45, 7) is 2.37. The van der Waals surface area contributed by atoms with Crippen molar-refractivity contribution in [1.82, 2.24) is 5.32 Å². The Hall–Kier alpha value is -1.08. The molecule has 0 aromatic heterocycles. The average molecular weight is 307 g/mol. The highest BCUT2D eigenvalue weighted by Gasteiger charge is 2.31. The monoisotopic (exact) mass is 307 g/mol. The first-order valence-corrected chi connectivity index (χ1v) is 8.10. The minimum atomic E-state index is -4.38. The van der Waals surface area contributed by atoms with Crippen LogP contribution in [0, 0.1) is 5.92 Å². The number of nitrogens with one attached hydrogen (secondary N) is 1. The van der Waals surface area contributed by atoms with Crippen LogP contribution in [0.5, 0.6) is 0 Å². The number of rotatable bonds is 1. The van der Waals surface area contributed by atoms with Gasteiger partial charge < -0.3 is 5.32 Å². The average Bonchev–Trinajstić information content (AvgIpc) is 2.46. The Morgan fingerprint density at radius 3 is 2.30 bits per heavy atom. The largest absolute Gasteiger partial charge is 0.416 e. The Bertz CT molecular complexity index is 566. The SMILES string of the molecule is CC1CNC(c2ccc(C(F)(F)F)cc2)CS(=O)(=O)C1. The standard InChI is InChI=1S/C13H16F3NO2S/c1-9-6-17-12(8-20(18,19)7-9)10-2-4-11(5-3-10)13(14,15)16/h2-5,9,12,17H,6-8H2,1H3. The maximum atomic E-state index is 12.5. The molecule has 3 nitrogen and oxygen atoms in total. The molecular formula is C13H16F3NO2S. The van der Waals surface area contributed by atoms with Gasteiger partial charge >= 0.3 is 6.18 Å². The third-order valence-corrected chi connectivity index (χ3v) is 5.23. The Morgan fingerprint density at radius 1 is 1.15 bits per heavy atom. The molecular weight excluding hydrogens is 291 g/mol. The zero-order chi connectivity index (χ0) is 15.0. The van der Waals surface area contributed by atoms with Gasteiger partial charge in [-0.15, -0.1) is 0 Å². The predicted molar refractivity (Wildman–Crippen MR) is 70.0 cm³/mol. The molecule has 112 valence electrons.